The molecule has 2 rings (SSSR count). The molecule has 1 aliphatic heterocycles. The Balaban J connectivity index is 2.52. The first kappa shape index (κ1) is 11.0. The molecule has 2 N–H and O–H groups in total. The van der Waals surface area contributed by atoms with Gasteiger partial charge in [0.15, 0.2) is 11.5 Å². The molecular formula is C11H15NO4. The molecule has 0 bridgehead atoms. The van der Waals surface area contributed by atoms with Gasteiger partial charge in [-0.15, -0.1) is 0 Å². The van der Waals surface area contributed by atoms with Gasteiger partial charge in [0.05, 0.1) is 7.11 Å². The van der Waals surface area contributed by atoms with Crippen LogP contribution in [-0.4, -0.2) is 13.9 Å². The molecule has 0 aromatic heterocycles. The topological polar surface area (TPSA) is 62.9 Å². The lowest BCUT2D eigenvalue weighted by atomic mass is 9.96. The Morgan fingerprint density at radius 3 is 2.44 bits per heavy atom. The van der Waals surface area contributed by atoms with Crippen LogP contribution in [-0.2, 0) is 10.4 Å². The number of methoxy groups -OCH3 is 1. The average molecular weight is 225 g/mol. The standard InChI is InChI=1S/C11H15NO4/c1-11(2,16-12)7-4-9-10(15-6-14-9)5-8(7)13-3/h4-5H,6,12H2,1-3H3. The SMILES string of the molecule is COc1cc2c(cc1C(C)(C)ON)OCO2. The van der Waals surface area contributed by atoms with Crippen molar-refractivity contribution in [3.8, 4) is 17.2 Å². The summed E-state index contributed by atoms with van der Waals surface area (Å²) in [6.45, 7) is 3.94. The van der Waals surface area contributed by atoms with Gasteiger partial charge in [0.2, 0.25) is 6.79 Å². The van der Waals surface area contributed by atoms with Crippen LogP contribution in [0, 0.1) is 0 Å². The number of rotatable bonds is 3. The Hall–Kier alpha value is -1.46. The minimum absolute atomic E-state index is 0.228. The first-order valence-electron chi connectivity index (χ1n) is 4.94. The molecule has 1 heterocycles. The molecule has 0 atom stereocenters. The summed E-state index contributed by atoms with van der Waals surface area (Å²) in [4.78, 5) is 4.95. The highest BCUT2D eigenvalue weighted by molar-refractivity contribution is 5.53. The second-order valence-electron chi connectivity index (χ2n) is 4.03. The second-order valence-corrected chi connectivity index (χ2v) is 4.03. The van der Waals surface area contributed by atoms with Crippen molar-refractivity contribution in [1.29, 1.82) is 0 Å². The molecule has 0 spiro atoms. The Morgan fingerprint density at radius 2 is 1.88 bits per heavy atom. The maximum Gasteiger partial charge on any atom is 0.231 e. The lowest BCUT2D eigenvalue weighted by molar-refractivity contribution is -0.0251. The molecule has 0 saturated carbocycles. The summed E-state index contributed by atoms with van der Waals surface area (Å²) < 4.78 is 15.9. The van der Waals surface area contributed by atoms with Gasteiger partial charge in [-0.05, 0) is 19.9 Å². The van der Waals surface area contributed by atoms with Crippen LogP contribution in [0.4, 0.5) is 0 Å². The van der Waals surface area contributed by atoms with E-state index in [1.165, 1.54) is 0 Å². The minimum atomic E-state index is -0.647. The largest absolute Gasteiger partial charge is 0.496 e. The van der Waals surface area contributed by atoms with Crippen molar-refractivity contribution >= 4 is 0 Å². The first-order chi connectivity index (χ1) is 7.58. The highest BCUT2D eigenvalue weighted by atomic mass is 16.7. The molecule has 1 aromatic carbocycles. The molecule has 5 heteroatoms. The van der Waals surface area contributed by atoms with Crippen LogP contribution >= 0.6 is 0 Å². The van der Waals surface area contributed by atoms with Crippen molar-refractivity contribution in [3.05, 3.63) is 17.7 Å². The van der Waals surface area contributed by atoms with Gasteiger partial charge in [0.25, 0.3) is 0 Å². The number of benzene rings is 1. The molecule has 16 heavy (non-hydrogen) atoms. The lowest BCUT2D eigenvalue weighted by Gasteiger charge is -2.24. The van der Waals surface area contributed by atoms with Crippen molar-refractivity contribution in [2.24, 2.45) is 5.90 Å². The van der Waals surface area contributed by atoms with E-state index in [1.54, 1.807) is 13.2 Å². The molecule has 1 aliphatic rings. The van der Waals surface area contributed by atoms with E-state index < -0.39 is 5.60 Å². The maximum absolute atomic E-state index is 5.30. The molecule has 0 unspecified atom stereocenters. The molecule has 0 amide bonds. The van der Waals surface area contributed by atoms with Crippen LogP contribution in [0.5, 0.6) is 17.2 Å². The fourth-order valence-electron chi connectivity index (χ4n) is 1.63. The number of hydrogen-bond donors (Lipinski definition) is 1. The predicted octanol–water partition coefficient (Wildman–Crippen LogP) is 1.55. The monoisotopic (exact) mass is 225 g/mol. The lowest BCUT2D eigenvalue weighted by Crippen LogP contribution is -2.25. The molecular weight excluding hydrogens is 210 g/mol. The molecule has 88 valence electrons. The van der Waals surface area contributed by atoms with E-state index in [-0.39, 0.29) is 6.79 Å². The fraction of sp³-hybridized carbons (Fsp3) is 0.455. The summed E-state index contributed by atoms with van der Waals surface area (Å²) in [6, 6.07) is 3.60. The summed E-state index contributed by atoms with van der Waals surface area (Å²) in [7, 11) is 1.59. The predicted molar refractivity (Wildman–Crippen MR) is 57.4 cm³/mol. The fourth-order valence-corrected chi connectivity index (χ4v) is 1.63. The number of ether oxygens (including phenoxy) is 3. The summed E-state index contributed by atoms with van der Waals surface area (Å²) in [6.07, 6.45) is 0. The Bertz CT molecular complexity index is 403. The summed E-state index contributed by atoms with van der Waals surface area (Å²) in [5.74, 6) is 7.30. The van der Waals surface area contributed by atoms with Gasteiger partial charge >= 0.3 is 0 Å². The van der Waals surface area contributed by atoms with E-state index in [4.69, 9.17) is 24.9 Å². The molecule has 0 fully saturated rings. The third-order valence-corrected chi connectivity index (χ3v) is 2.64. The first-order valence-corrected chi connectivity index (χ1v) is 4.94. The van der Waals surface area contributed by atoms with Gasteiger partial charge in [-0.1, -0.05) is 0 Å². The Morgan fingerprint density at radius 1 is 1.25 bits per heavy atom. The normalized spacial score (nSPS) is 14.0. The van der Waals surface area contributed by atoms with E-state index in [2.05, 4.69) is 0 Å². The second kappa shape index (κ2) is 3.84. The quantitative estimate of drug-likeness (QED) is 0.791. The van der Waals surface area contributed by atoms with Crippen LogP contribution in [0.25, 0.3) is 0 Å². The molecule has 0 radical (unpaired) electrons. The van der Waals surface area contributed by atoms with Gasteiger partial charge in [-0.25, -0.2) is 5.90 Å². The van der Waals surface area contributed by atoms with Crippen molar-refractivity contribution in [3.63, 3.8) is 0 Å². The molecule has 0 saturated heterocycles. The average Bonchev–Trinajstić information content (AvgIpc) is 2.74. The summed E-state index contributed by atoms with van der Waals surface area (Å²) in [5, 5.41) is 0. The number of hydrogen-bond acceptors (Lipinski definition) is 5. The van der Waals surface area contributed by atoms with Crippen LogP contribution in [0.1, 0.15) is 19.4 Å². The van der Waals surface area contributed by atoms with Gasteiger partial charge < -0.3 is 14.2 Å². The zero-order valence-corrected chi connectivity index (χ0v) is 9.57. The third kappa shape index (κ3) is 1.68. The van der Waals surface area contributed by atoms with Gasteiger partial charge in [-0.2, -0.15) is 0 Å². The van der Waals surface area contributed by atoms with Crippen LogP contribution in [0.3, 0.4) is 0 Å². The molecule has 5 nitrogen and oxygen atoms in total. The smallest absolute Gasteiger partial charge is 0.231 e. The van der Waals surface area contributed by atoms with Crippen molar-refractivity contribution < 1.29 is 19.0 Å². The molecule has 0 aliphatic carbocycles. The third-order valence-electron chi connectivity index (χ3n) is 2.64. The van der Waals surface area contributed by atoms with Crippen molar-refractivity contribution in [2.75, 3.05) is 13.9 Å². The van der Waals surface area contributed by atoms with Crippen LogP contribution < -0.4 is 20.1 Å². The van der Waals surface area contributed by atoms with Gasteiger partial charge in [0, 0.05) is 11.6 Å². The van der Waals surface area contributed by atoms with Crippen LogP contribution in [0.2, 0.25) is 0 Å². The van der Waals surface area contributed by atoms with E-state index >= 15 is 0 Å². The van der Waals surface area contributed by atoms with Crippen molar-refractivity contribution in [2.45, 2.75) is 19.4 Å². The van der Waals surface area contributed by atoms with E-state index in [0.717, 1.165) is 5.56 Å². The van der Waals surface area contributed by atoms with Crippen LogP contribution in [0.15, 0.2) is 12.1 Å². The number of fused-ring (bicyclic) bond motifs is 1. The summed E-state index contributed by atoms with van der Waals surface area (Å²) >= 11 is 0. The van der Waals surface area contributed by atoms with Gasteiger partial charge in [0.1, 0.15) is 11.4 Å². The highest BCUT2D eigenvalue weighted by Gasteiger charge is 2.28. The van der Waals surface area contributed by atoms with E-state index in [0.29, 0.717) is 17.2 Å². The Kier molecular flexibility index (Phi) is 2.65. The zero-order valence-electron chi connectivity index (χ0n) is 9.57. The van der Waals surface area contributed by atoms with Gasteiger partial charge in [-0.3, -0.25) is 4.84 Å². The zero-order chi connectivity index (χ0) is 11.8. The number of nitrogens with two attached hydrogens (primary N) is 1. The van der Waals surface area contributed by atoms with E-state index in [9.17, 15) is 0 Å². The molecule has 1 aromatic rings. The minimum Gasteiger partial charge on any atom is -0.496 e. The highest BCUT2D eigenvalue weighted by Crippen LogP contribution is 2.42. The summed E-state index contributed by atoms with van der Waals surface area (Å²) in [5.41, 5.74) is 0.175. The van der Waals surface area contributed by atoms with Crippen molar-refractivity contribution in [1.82, 2.24) is 0 Å². The Labute approximate surface area is 94.0 Å². The van der Waals surface area contributed by atoms with E-state index in [1.807, 2.05) is 19.9 Å². The maximum atomic E-state index is 5.30.